The van der Waals surface area contributed by atoms with Crippen LogP contribution in [0.15, 0.2) is 75.0 Å². The Bertz CT molecular complexity index is 1370. The van der Waals surface area contributed by atoms with E-state index in [-0.39, 0.29) is 12.2 Å². The molecule has 31 heavy (non-hydrogen) atoms. The smallest absolute Gasteiger partial charge is 0.282 e. The summed E-state index contributed by atoms with van der Waals surface area (Å²) in [6.45, 7) is 2.01. The van der Waals surface area contributed by atoms with E-state index in [1.54, 1.807) is 37.3 Å². The molecule has 0 radical (unpaired) electrons. The lowest BCUT2D eigenvalue weighted by molar-refractivity contribution is 0.306. The second kappa shape index (κ2) is 9.22. The predicted molar refractivity (Wildman–Crippen MR) is 129 cm³/mol. The molecule has 0 saturated heterocycles. The number of halogens is 3. The van der Waals surface area contributed by atoms with Crippen molar-refractivity contribution >= 4 is 56.2 Å². The lowest BCUT2D eigenvalue weighted by Crippen LogP contribution is -2.20. The topological polar surface area (TPSA) is 56.5 Å². The first-order valence-electron chi connectivity index (χ1n) is 9.31. The number of benzene rings is 3. The van der Waals surface area contributed by atoms with Gasteiger partial charge in [-0.2, -0.15) is 9.78 Å². The van der Waals surface area contributed by atoms with Crippen LogP contribution >= 0.6 is 39.1 Å². The van der Waals surface area contributed by atoms with Gasteiger partial charge in [0.1, 0.15) is 18.2 Å². The standard InChI is InChI=1S/C23H16BrCl2N3O2/c1-14-28-21-8-6-17(24)11-19(21)23(30)29(14)27-12-16-10-18(25)7-9-22(16)31-13-15-4-2-3-5-20(15)26/h2-12H,13H2,1H3. The number of fused-ring (bicyclic) bond motifs is 1. The van der Waals surface area contributed by atoms with Gasteiger partial charge in [-0.05, 0) is 49.4 Å². The van der Waals surface area contributed by atoms with Gasteiger partial charge in [0.15, 0.2) is 0 Å². The molecule has 0 amide bonds. The first-order valence-corrected chi connectivity index (χ1v) is 10.9. The third-order valence-corrected chi connectivity index (χ3v) is 5.69. The van der Waals surface area contributed by atoms with Crippen LogP contribution in [-0.2, 0) is 6.61 Å². The molecule has 5 nitrogen and oxygen atoms in total. The molecule has 4 aromatic rings. The number of hydrogen-bond donors (Lipinski definition) is 0. The summed E-state index contributed by atoms with van der Waals surface area (Å²) in [4.78, 5) is 17.4. The molecule has 0 aliphatic heterocycles. The van der Waals surface area contributed by atoms with E-state index in [0.29, 0.717) is 38.1 Å². The van der Waals surface area contributed by atoms with Crippen molar-refractivity contribution in [3.8, 4) is 5.75 Å². The lowest BCUT2D eigenvalue weighted by Gasteiger charge is -2.11. The quantitative estimate of drug-likeness (QED) is 0.295. The molecule has 156 valence electrons. The van der Waals surface area contributed by atoms with Crippen LogP contribution in [0.4, 0.5) is 0 Å². The zero-order chi connectivity index (χ0) is 22.0. The first kappa shape index (κ1) is 21.6. The van der Waals surface area contributed by atoms with Crippen molar-refractivity contribution < 1.29 is 4.74 Å². The summed E-state index contributed by atoms with van der Waals surface area (Å²) in [7, 11) is 0. The minimum atomic E-state index is -0.263. The average Bonchev–Trinajstić information content (AvgIpc) is 2.74. The van der Waals surface area contributed by atoms with Gasteiger partial charge in [-0.1, -0.05) is 57.3 Å². The second-order valence-electron chi connectivity index (χ2n) is 6.74. The molecule has 4 rings (SSSR count). The Morgan fingerprint density at radius 3 is 2.74 bits per heavy atom. The third kappa shape index (κ3) is 4.82. The average molecular weight is 517 g/mol. The minimum Gasteiger partial charge on any atom is -0.488 e. The molecule has 0 bridgehead atoms. The lowest BCUT2D eigenvalue weighted by atomic mass is 10.2. The van der Waals surface area contributed by atoms with E-state index in [0.717, 1.165) is 10.0 Å². The van der Waals surface area contributed by atoms with Crippen LogP contribution in [0.2, 0.25) is 10.0 Å². The predicted octanol–water partition coefficient (Wildman–Crippen LogP) is 6.24. The van der Waals surface area contributed by atoms with E-state index >= 15 is 0 Å². The third-order valence-electron chi connectivity index (χ3n) is 4.60. The maximum atomic E-state index is 12.9. The summed E-state index contributed by atoms with van der Waals surface area (Å²) in [6.07, 6.45) is 1.54. The Morgan fingerprint density at radius 1 is 1.13 bits per heavy atom. The molecule has 0 fully saturated rings. The Kier molecular flexibility index (Phi) is 6.41. The van der Waals surface area contributed by atoms with Gasteiger partial charge in [-0.3, -0.25) is 4.79 Å². The summed E-state index contributed by atoms with van der Waals surface area (Å²) >= 11 is 15.8. The minimum absolute atomic E-state index is 0.263. The van der Waals surface area contributed by atoms with Gasteiger partial charge in [-0.15, -0.1) is 0 Å². The molecule has 0 spiro atoms. The molecule has 0 N–H and O–H groups in total. The van der Waals surface area contributed by atoms with Gasteiger partial charge in [0.25, 0.3) is 5.56 Å². The van der Waals surface area contributed by atoms with E-state index < -0.39 is 0 Å². The van der Waals surface area contributed by atoms with Gasteiger partial charge >= 0.3 is 0 Å². The number of aromatic nitrogens is 2. The Morgan fingerprint density at radius 2 is 1.94 bits per heavy atom. The monoisotopic (exact) mass is 515 g/mol. The fourth-order valence-corrected chi connectivity index (χ4v) is 3.77. The normalized spacial score (nSPS) is 11.4. The largest absolute Gasteiger partial charge is 0.488 e. The van der Waals surface area contributed by atoms with Crippen molar-refractivity contribution in [2.24, 2.45) is 5.10 Å². The SMILES string of the molecule is Cc1nc2ccc(Br)cc2c(=O)n1N=Cc1cc(Cl)ccc1OCc1ccccc1Cl. The summed E-state index contributed by atoms with van der Waals surface area (Å²) in [5.41, 5.74) is 1.84. The zero-order valence-corrected chi connectivity index (χ0v) is 19.4. The van der Waals surface area contributed by atoms with Gasteiger partial charge in [0.2, 0.25) is 0 Å². The van der Waals surface area contributed by atoms with Gasteiger partial charge in [0, 0.05) is 25.6 Å². The van der Waals surface area contributed by atoms with Crippen molar-refractivity contribution in [1.29, 1.82) is 0 Å². The van der Waals surface area contributed by atoms with Crippen LogP contribution in [0.5, 0.6) is 5.75 Å². The van der Waals surface area contributed by atoms with Crippen LogP contribution in [0.1, 0.15) is 17.0 Å². The zero-order valence-electron chi connectivity index (χ0n) is 16.3. The van der Waals surface area contributed by atoms with Crippen molar-refractivity contribution in [3.63, 3.8) is 0 Å². The highest BCUT2D eigenvalue weighted by Crippen LogP contribution is 2.24. The number of hydrogen-bond acceptors (Lipinski definition) is 4. The molecule has 8 heteroatoms. The van der Waals surface area contributed by atoms with Gasteiger partial charge < -0.3 is 4.74 Å². The van der Waals surface area contributed by atoms with E-state index in [1.165, 1.54) is 10.9 Å². The first-order chi connectivity index (χ1) is 14.9. The van der Waals surface area contributed by atoms with Crippen LogP contribution < -0.4 is 10.3 Å². The molecule has 0 saturated carbocycles. The summed E-state index contributed by atoms with van der Waals surface area (Å²) in [6, 6.07) is 18.0. The van der Waals surface area contributed by atoms with E-state index in [1.807, 2.05) is 30.3 Å². The Labute approximate surface area is 197 Å². The van der Waals surface area contributed by atoms with Crippen molar-refractivity contribution in [1.82, 2.24) is 9.66 Å². The fourth-order valence-electron chi connectivity index (χ4n) is 3.04. The maximum Gasteiger partial charge on any atom is 0.282 e. The second-order valence-corrected chi connectivity index (χ2v) is 8.50. The van der Waals surface area contributed by atoms with Crippen molar-refractivity contribution in [3.05, 3.63) is 102 Å². The van der Waals surface area contributed by atoms with E-state index in [4.69, 9.17) is 27.9 Å². The molecular weight excluding hydrogens is 501 g/mol. The number of ether oxygens (including phenoxy) is 1. The van der Waals surface area contributed by atoms with Crippen molar-refractivity contribution in [2.75, 3.05) is 0 Å². The highest BCUT2D eigenvalue weighted by molar-refractivity contribution is 9.10. The number of aryl methyl sites for hydroxylation is 1. The molecule has 0 aliphatic carbocycles. The molecular formula is C23H16BrCl2N3O2. The molecule has 0 aliphatic rings. The molecule has 3 aromatic carbocycles. The summed E-state index contributed by atoms with van der Waals surface area (Å²) in [5, 5.41) is 5.99. The van der Waals surface area contributed by atoms with Crippen molar-refractivity contribution in [2.45, 2.75) is 13.5 Å². The molecule has 1 heterocycles. The summed E-state index contributed by atoms with van der Waals surface area (Å²) in [5.74, 6) is 1.03. The summed E-state index contributed by atoms with van der Waals surface area (Å²) < 4.78 is 8.00. The molecule has 0 atom stereocenters. The fraction of sp³-hybridized carbons (Fsp3) is 0.0870. The van der Waals surface area contributed by atoms with Gasteiger partial charge in [-0.25, -0.2) is 4.98 Å². The Hall–Kier alpha value is -2.67. The number of nitrogens with zero attached hydrogens (tertiary/aromatic N) is 3. The highest BCUT2D eigenvalue weighted by Gasteiger charge is 2.09. The molecule has 0 unspecified atom stereocenters. The highest BCUT2D eigenvalue weighted by atomic mass is 79.9. The van der Waals surface area contributed by atoms with Crippen LogP contribution in [0, 0.1) is 6.92 Å². The van der Waals surface area contributed by atoms with Crippen LogP contribution in [0.3, 0.4) is 0 Å². The van der Waals surface area contributed by atoms with E-state index in [2.05, 4.69) is 26.0 Å². The Balaban J connectivity index is 1.69. The maximum absolute atomic E-state index is 12.9. The number of rotatable bonds is 5. The molecule has 1 aromatic heterocycles. The van der Waals surface area contributed by atoms with E-state index in [9.17, 15) is 4.79 Å². The van der Waals surface area contributed by atoms with Crippen LogP contribution in [-0.4, -0.2) is 15.9 Å². The van der Waals surface area contributed by atoms with Gasteiger partial charge in [0.05, 0.1) is 17.1 Å². The van der Waals surface area contributed by atoms with Crippen LogP contribution in [0.25, 0.3) is 10.9 Å².